The van der Waals surface area contributed by atoms with E-state index in [4.69, 9.17) is 10.2 Å². The Morgan fingerprint density at radius 2 is 2.00 bits per heavy atom. The quantitative estimate of drug-likeness (QED) is 0.751. The van der Waals surface area contributed by atoms with E-state index < -0.39 is 6.10 Å². The van der Waals surface area contributed by atoms with E-state index in [2.05, 4.69) is 21.2 Å². The van der Waals surface area contributed by atoms with E-state index in [-0.39, 0.29) is 18.2 Å². The molecular formula is C13H13BrN2O3. The minimum absolute atomic E-state index is 0.0983. The molecule has 0 aliphatic carbocycles. The Balaban J connectivity index is 1.91. The van der Waals surface area contributed by atoms with Crippen LogP contribution in [-0.2, 0) is 0 Å². The first-order chi connectivity index (χ1) is 9.06. The standard InChI is InChI=1S/C13H13BrN2O3/c14-12-6-5-11(19-12)13(18)16-7-10(17)8-1-3-9(15)4-2-8/h1-6,10,17H,7,15H2,(H,16,18). The number of rotatable bonds is 4. The molecule has 19 heavy (non-hydrogen) atoms. The van der Waals surface area contributed by atoms with Crippen LogP contribution in [0.2, 0.25) is 0 Å². The van der Waals surface area contributed by atoms with Crippen molar-refractivity contribution in [1.82, 2.24) is 5.32 Å². The van der Waals surface area contributed by atoms with Gasteiger partial charge in [0.05, 0.1) is 6.10 Å². The van der Waals surface area contributed by atoms with Gasteiger partial charge in [0.2, 0.25) is 0 Å². The summed E-state index contributed by atoms with van der Waals surface area (Å²) in [6.07, 6.45) is -0.789. The molecule has 0 saturated carbocycles. The fourth-order valence-electron chi connectivity index (χ4n) is 1.55. The second kappa shape index (κ2) is 5.90. The molecule has 100 valence electrons. The van der Waals surface area contributed by atoms with Crippen molar-refractivity contribution in [3.63, 3.8) is 0 Å². The number of nitrogens with one attached hydrogen (secondary N) is 1. The number of aliphatic hydroxyl groups is 1. The van der Waals surface area contributed by atoms with Crippen LogP contribution < -0.4 is 11.1 Å². The summed E-state index contributed by atoms with van der Waals surface area (Å²) >= 11 is 3.12. The largest absolute Gasteiger partial charge is 0.444 e. The number of benzene rings is 1. The Hall–Kier alpha value is -1.79. The monoisotopic (exact) mass is 324 g/mol. The summed E-state index contributed by atoms with van der Waals surface area (Å²) in [6.45, 7) is 0.0983. The second-order valence-electron chi connectivity index (χ2n) is 4.00. The Morgan fingerprint density at radius 1 is 1.32 bits per heavy atom. The van der Waals surface area contributed by atoms with Crippen LogP contribution in [0.3, 0.4) is 0 Å². The van der Waals surface area contributed by atoms with E-state index in [0.717, 1.165) is 0 Å². The molecule has 1 amide bonds. The molecule has 0 radical (unpaired) electrons. The maximum Gasteiger partial charge on any atom is 0.287 e. The summed E-state index contributed by atoms with van der Waals surface area (Å²) in [5, 5.41) is 12.5. The van der Waals surface area contributed by atoms with Gasteiger partial charge in [0.25, 0.3) is 5.91 Å². The van der Waals surface area contributed by atoms with Crippen molar-refractivity contribution in [3.05, 3.63) is 52.4 Å². The molecule has 0 fully saturated rings. The Labute approximate surface area is 118 Å². The second-order valence-corrected chi connectivity index (χ2v) is 4.78. The molecule has 5 nitrogen and oxygen atoms in total. The predicted octanol–water partition coefficient (Wildman–Crippen LogP) is 2.09. The molecule has 0 spiro atoms. The Kier molecular flexibility index (Phi) is 4.24. The molecule has 2 aromatic rings. The maximum atomic E-state index is 11.7. The van der Waals surface area contributed by atoms with Crippen molar-refractivity contribution in [2.45, 2.75) is 6.10 Å². The normalized spacial score (nSPS) is 12.1. The summed E-state index contributed by atoms with van der Waals surface area (Å²) in [6, 6.07) is 10.0. The van der Waals surface area contributed by atoms with Crippen molar-refractivity contribution in [2.75, 3.05) is 12.3 Å². The summed E-state index contributed by atoms with van der Waals surface area (Å²) in [4.78, 5) is 11.7. The third kappa shape index (κ3) is 3.59. The highest BCUT2D eigenvalue weighted by molar-refractivity contribution is 9.10. The minimum atomic E-state index is -0.789. The highest BCUT2D eigenvalue weighted by atomic mass is 79.9. The number of halogens is 1. The van der Waals surface area contributed by atoms with Gasteiger partial charge < -0.3 is 20.6 Å². The average molecular weight is 325 g/mol. The fraction of sp³-hybridized carbons (Fsp3) is 0.154. The van der Waals surface area contributed by atoms with Gasteiger partial charge in [-0.15, -0.1) is 0 Å². The molecule has 1 unspecified atom stereocenters. The number of anilines is 1. The van der Waals surface area contributed by atoms with Gasteiger partial charge in [0, 0.05) is 12.2 Å². The number of hydrogen-bond donors (Lipinski definition) is 3. The summed E-state index contributed by atoms with van der Waals surface area (Å²) in [5.74, 6) is -0.184. The lowest BCUT2D eigenvalue weighted by atomic mass is 10.1. The first-order valence-corrected chi connectivity index (χ1v) is 6.42. The van der Waals surface area contributed by atoms with Gasteiger partial charge in [-0.1, -0.05) is 12.1 Å². The van der Waals surface area contributed by atoms with Gasteiger partial charge in [-0.2, -0.15) is 0 Å². The van der Waals surface area contributed by atoms with E-state index in [9.17, 15) is 9.90 Å². The van der Waals surface area contributed by atoms with E-state index >= 15 is 0 Å². The van der Waals surface area contributed by atoms with E-state index in [1.54, 1.807) is 36.4 Å². The fourth-order valence-corrected chi connectivity index (χ4v) is 1.86. The van der Waals surface area contributed by atoms with Gasteiger partial charge in [0.15, 0.2) is 10.4 Å². The van der Waals surface area contributed by atoms with Crippen LogP contribution in [0, 0.1) is 0 Å². The predicted molar refractivity (Wildman–Crippen MR) is 74.6 cm³/mol. The van der Waals surface area contributed by atoms with Crippen LogP contribution in [-0.4, -0.2) is 17.6 Å². The number of furan rings is 1. The number of amides is 1. The summed E-state index contributed by atoms with van der Waals surface area (Å²) in [5.41, 5.74) is 6.87. The molecule has 1 atom stereocenters. The van der Waals surface area contributed by atoms with E-state index in [1.807, 2.05) is 0 Å². The molecule has 4 N–H and O–H groups in total. The summed E-state index contributed by atoms with van der Waals surface area (Å²) in [7, 11) is 0. The minimum Gasteiger partial charge on any atom is -0.444 e. The molecule has 6 heteroatoms. The molecule has 1 aromatic heterocycles. The lowest BCUT2D eigenvalue weighted by Crippen LogP contribution is -2.28. The molecule has 1 aromatic carbocycles. The maximum absolute atomic E-state index is 11.7. The van der Waals surface area contributed by atoms with Gasteiger partial charge >= 0.3 is 0 Å². The van der Waals surface area contributed by atoms with Crippen molar-refractivity contribution in [3.8, 4) is 0 Å². The zero-order valence-electron chi connectivity index (χ0n) is 9.97. The van der Waals surface area contributed by atoms with Crippen molar-refractivity contribution >= 4 is 27.5 Å². The summed E-state index contributed by atoms with van der Waals surface area (Å²) < 4.78 is 5.59. The SMILES string of the molecule is Nc1ccc(C(O)CNC(=O)c2ccc(Br)o2)cc1. The first kappa shape index (κ1) is 13.6. The zero-order chi connectivity index (χ0) is 13.8. The third-order valence-electron chi connectivity index (χ3n) is 2.57. The molecular weight excluding hydrogens is 312 g/mol. The smallest absolute Gasteiger partial charge is 0.287 e. The van der Waals surface area contributed by atoms with Crippen molar-refractivity contribution in [1.29, 1.82) is 0 Å². The number of carbonyl (C=O) groups is 1. The van der Waals surface area contributed by atoms with Crippen molar-refractivity contribution in [2.24, 2.45) is 0 Å². The molecule has 1 heterocycles. The number of nitrogens with two attached hydrogens (primary N) is 1. The molecule has 0 aliphatic heterocycles. The highest BCUT2D eigenvalue weighted by Gasteiger charge is 2.13. The van der Waals surface area contributed by atoms with Gasteiger partial charge in [-0.05, 0) is 45.8 Å². The van der Waals surface area contributed by atoms with Crippen molar-refractivity contribution < 1.29 is 14.3 Å². The van der Waals surface area contributed by atoms with Crippen LogP contribution in [0.5, 0.6) is 0 Å². The number of carbonyl (C=O) groups excluding carboxylic acids is 1. The molecule has 2 rings (SSSR count). The van der Waals surface area contributed by atoms with Crippen LogP contribution in [0.4, 0.5) is 5.69 Å². The molecule has 0 bridgehead atoms. The van der Waals surface area contributed by atoms with Gasteiger partial charge in [-0.25, -0.2) is 0 Å². The lowest BCUT2D eigenvalue weighted by molar-refractivity contribution is 0.0888. The Bertz CT molecular complexity index is 566. The lowest BCUT2D eigenvalue weighted by Gasteiger charge is -2.11. The highest BCUT2D eigenvalue weighted by Crippen LogP contribution is 2.16. The number of hydrogen-bond acceptors (Lipinski definition) is 4. The number of aliphatic hydroxyl groups excluding tert-OH is 1. The van der Waals surface area contributed by atoms with Crippen LogP contribution in [0.25, 0.3) is 0 Å². The third-order valence-corrected chi connectivity index (χ3v) is 3.00. The van der Waals surface area contributed by atoms with Gasteiger partial charge in [-0.3, -0.25) is 4.79 Å². The average Bonchev–Trinajstić information content (AvgIpc) is 2.83. The number of nitrogen functional groups attached to an aromatic ring is 1. The van der Waals surface area contributed by atoms with Crippen LogP contribution in [0.15, 0.2) is 45.5 Å². The van der Waals surface area contributed by atoms with Gasteiger partial charge in [0.1, 0.15) is 0 Å². The van der Waals surface area contributed by atoms with E-state index in [1.165, 1.54) is 0 Å². The molecule has 0 aliphatic rings. The Morgan fingerprint density at radius 3 is 2.58 bits per heavy atom. The van der Waals surface area contributed by atoms with Crippen LogP contribution in [0.1, 0.15) is 22.2 Å². The topological polar surface area (TPSA) is 88.5 Å². The van der Waals surface area contributed by atoms with Crippen LogP contribution >= 0.6 is 15.9 Å². The zero-order valence-corrected chi connectivity index (χ0v) is 11.6. The first-order valence-electron chi connectivity index (χ1n) is 5.63. The molecule has 0 saturated heterocycles. The van der Waals surface area contributed by atoms with E-state index in [0.29, 0.717) is 15.9 Å².